The number of aryl methyl sites for hydroxylation is 4. The molecule has 2 nitrogen and oxygen atoms in total. The molecule has 1 atom stereocenters. The smallest absolute Gasteiger partial charge is 0.0664 e. The van der Waals surface area contributed by atoms with Crippen molar-refractivity contribution in [3.05, 3.63) is 64.2 Å². The van der Waals surface area contributed by atoms with Crippen molar-refractivity contribution in [3.8, 4) is 0 Å². The number of rotatable bonds is 4. The molecule has 2 aromatic carbocycles. The maximum absolute atomic E-state index is 6.09. The molecule has 0 saturated carbocycles. The van der Waals surface area contributed by atoms with Crippen LogP contribution in [0.1, 0.15) is 33.9 Å². The van der Waals surface area contributed by atoms with Crippen molar-refractivity contribution in [2.24, 2.45) is 5.73 Å². The molecule has 0 heterocycles. The Balaban J connectivity index is 2.39. The SMILES string of the molecule is Cc1ccc(N(C)C(CN)c2cc(C)c(C)cc2C)cc1. The molecule has 0 aliphatic rings. The van der Waals surface area contributed by atoms with Gasteiger partial charge in [0.1, 0.15) is 0 Å². The van der Waals surface area contributed by atoms with Crippen molar-refractivity contribution in [3.63, 3.8) is 0 Å². The first kappa shape index (κ1) is 15.6. The first-order chi connectivity index (χ1) is 9.93. The van der Waals surface area contributed by atoms with Gasteiger partial charge in [-0.15, -0.1) is 0 Å². The minimum atomic E-state index is 0.201. The summed E-state index contributed by atoms with van der Waals surface area (Å²) >= 11 is 0. The van der Waals surface area contributed by atoms with Crippen LogP contribution in [0.15, 0.2) is 36.4 Å². The molecule has 0 amide bonds. The fourth-order valence-corrected chi connectivity index (χ4v) is 2.80. The monoisotopic (exact) mass is 282 g/mol. The van der Waals surface area contributed by atoms with Crippen LogP contribution in [0.25, 0.3) is 0 Å². The fraction of sp³-hybridized carbons (Fsp3) is 0.368. The van der Waals surface area contributed by atoms with Crippen molar-refractivity contribution in [2.75, 3.05) is 18.5 Å². The van der Waals surface area contributed by atoms with Crippen LogP contribution >= 0.6 is 0 Å². The number of nitrogens with zero attached hydrogens (tertiary/aromatic N) is 1. The molecule has 0 aliphatic heterocycles. The molecule has 0 spiro atoms. The molecule has 0 aliphatic carbocycles. The summed E-state index contributed by atoms with van der Waals surface area (Å²) in [6.45, 7) is 9.21. The maximum atomic E-state index is 6.09. The minimum Gasteiger partial charge on any atom is -0.366 e. The Morgan fingerprint density at radius 3 is 2.05 bits per heavy atom. The van der Waals surface area contributed by atoms with Crippen LogP contribution in [0, 0.1) is 27.7 Å². The summed E-state index contributed by atoms with van der Waals surface area (Å²) in [7, 11) is 2.12. The van der Waals surface area contributed by atoms with Gasteiger partial charge in [-0.1, -0.05) is 29.8 Å². The molecule has 0 aromatic heterocycles. The molecule has 2 rings (SSSR count). The highest BCUT2D eigenvalue weighted by Gasteiger charge is 2.18. The third-order valence-electron chi connectivity index (χ3n) is 4.37. The van der Waals surface area contributed by atoms with Crippen LogP contribution in [0.2, 0.25) is 0 Å². The molecule has 2 aromatic rings. The number of nitrogens with two attached hydrogens (primary N) is 1. The van der Waals surface area contributed by atoms with Crippen LogP contribution in [0.5, 0.6) is 0 Å². The average Bonchev–Trinajstić information content (AvgIpc) is 2.45. The zero-order chi connectivity index (χ0) is 15.6. The second kappa shape index (κ2) is 6.31. The topological polar surface area (TPSA) is 29.3 Å². The van der Waals surface area contributed by atoms with Gasteiger partial charge < -0.3 is 10.6 Å². The van der Waals surface area contributed by atoms with Crippen LogP contribution in [0.4, 0.5) is 5.69 Å². The number of benzene rings is 2. The van der Waals surface area contributed by atoms with Crippen molar-refractivity contribution >= 4 is 5.69 Å². The van der Waals surface area contributed by atoms with Crippen molar-refractivity contribution in [1.29, 1.82) is 0 Å². The predicted molar refractivity (Wildman–Crippen MR) is 92.0 cm³/mol. The lowest BCUT2D eigenvalue weighted by molar-refractivity contribution is 0.675. The zero-order valence-electron chi connectivity index (χ0n) is 13.8. The van der Waals surface area contributed by atoms with E-state index >= 15 is 0 Å². The highest BCUT2D eigenvalue weighted by atomic mass is 15.1. The fourth-order valence-electron chi connectivity index (χ4n) is 2.80. The van der Waals surface area contributed by atoms with Crippen molar-refractivity contribution in [1.82, 2.24) is 0 Å². The van der Waals surface area contributed by atoms with Gasteiger partial charge in [-0.25, -0.2) is 0 Å². The molecule has 112 valence electrons. The number of likely N-dealkylation sites (N-methyl/N-ethyl adjacent to an activating group) is 1. The second-order valence-electron chi connectivity index (χ2n) is 5.99. The van der Waals surface area contributed by atoms with E-state index in [1.807, 2.05) is 0 Å². The van der Waals surface area contributed by atoms with Gasteiger partial charge >= 0.3 is 0 Å². The predicted octanol–water partition coefficient (Wildman–Crippen LogP) is 4.06. The molecule has 2 heteroatoms. The Morgan fingerprint density at radius 2 is 1.48 bits per heavy atom. The first-order valence-electron chi connectivity index (χ1n) is 7.51. The van der Waals surface area contributed by atoms with E-state index in [0.717, 1.165) is 0 Å². The first-order valence-corrected chi connectivity index (χ1v) is 7.51. The van der Waals surface area contributed by atoms with E-state index in [1.165, 1.54) is 33.5 Å². The maximum Gasteiger partial charge on any atom is 0.0664 e. The molecule has 21 heavy (non-hydrogen) atoms. The van der Waals surface area contributed by atoms with E-state index in [2.05, 4.69) is 76.0 Å². The van der Waals surface area contributed by atoms with Crippen molar-refractivity contribution in [2.45, 2.75) is 33.7 Å². The summed E-state index contributed by atoms with van der Waals surface area (Å²) in [4.78, 5) is 2.27. The van der Waals surface area contributed by atoms with E-state index in [-0.39, 0.29) is 6.04 Å². The van der Waals surface area contributed by atoms with Gasteiger partial charge in [0.05, 0.1) is 6.04 Å². The number of anilines is 1. The van der Waals surface area contributed by atoms with E-state index in [0.29, 0.717) is 6.54 Å². The van der Waals surface area contributed by atoms with Crippen molar-refractivity contribution < 1.29 is 0 Å². The lowest BCUT2D eigenvalue weighted by Crippen LogP contribution is -2.31. The quantitative estimate of drug-likeness (QED) is 0.916. The molecule has 0 radical (unpaired) electrons. The molecule has 1 unspecified atom stereocenters. The van der Waals surface area contributed by atoms with Gasteiger partial charge in [0.25, 0.3) is 0 Å². The summed E-state index contributed by atoms with van der Waals surface area (Å²) in [5, 5.41) is 0. The van der Waals surface area contributed by atoms with Gasteiger partial charge in [0.2, 0.25) is 0 Å². The number of hydrogen-bond donors (Lipinski definition) is 1. The lowest BCUT2D eigenvalue weighted by atomic mass is 9.94. The average molecular weight is 282 g/mol. The minimum absolute atomic E-state index is 0.201. The summed E-state index contributed by atoms with van der Waals surface area (Å²) < 4.78 is 0. The van der Waals surface area contributed by atoms with Gasteiger partial charge in [-0.3, -0.25) is 0 Å². The number of hydrogen-bond acceptors (Lipinski definition) is 2. The zero-order valence-corrected chi connectivity index (χ0v) is 13.8. The Kier molecular flexibility index (Phi) is 4.69. The largest absolute Gasteiger partial charge is 0.366 e. The summed E-state index contributed by atoms with van der Waals surface area (Å²) in [5.41, 5.74) is 13.9. The van der Waals surface area contributed by atoms with E-state index < -0.39 is 0 Å². The summed E-state index contributed by atoms with van der Waals surface area (Å²) in [5.74, 6) is 0. The van der Waals surface area contributed by atoms with Crippen LogP contribution in [-0.4, -0.2) is 13.6 Å². The molecule has 0 fully saturated rings. The Hall–Kier alpha value is -1.80. The van der Waals surface area contributed by atoms with Gasteiger partial charge in [0.15, 0.2) is 0 Å². The van der Waals surface area contributed by atoms with E-state index in [9.17, 15) is 0 Å². The normalized spacial score (nSPS) is 12.3. The Bertz CT molecular complexity index is 614. The van der Waals surface area contributed by atoms with Crippen LogP contribution in [0.3, 0.4) is 0 Å². The van der Waals surface area contributed by atoms with Crippen LogP contribution < -0.4 is 10.6 Å². The van der Waals surface area contributed by atoms with E-state index in [4.69, 9.17) is 5.73 Å². The van der Waals surface area contributed by atoms with Gasteiger partial charge in [-0.05, 0) is 62.1 Å². The van der Waals surface area contributed by atoms with Gasteiger partial charge in [0, 0.05) is 19.3 Å². The molecule has 2 N–H and O–H groups in total. The Labute approximate surface area is 128 Å². The molecule has 0 bridgehead atoms. The Morgan fingerprint density at radius 1 is 0.905 bits per heavy atom. The van der Waals surface area contributed by atoms with Gasteiger partial charge in [-0.2, -0.15) is 0 Å². The highest BCUT2D eigenvalue weighted by molar-refractivity contribution is 5.51. The molecular weight excluding hydrogens is 256 g/mol. The van der Waals surface area contributed by atoms with E-state index in [1.54, 1.807) is 0 Å². The summed E-state index contributed by atoms with van der Waals surface area (Å²) in [6, 6.07) is 13.4. The highest BCUT2D eigenvalue weighted by Crippen LogP contribution is 2.29. The standard InChI is InChI=1S/C19H26N2/c1-13-6-8-17(9-7-13)21(5)19(12-20)18-11-15(3)14(2)10-16(18)4/h6-11,19H,12,20H2,1-5H3. The van der Waals surface area contributed by atoms with Crippen LogP contribution in [-0.2, 0) is 0 Å². The third kappa shape index (κ3) is 3.27. The lowest BCUT2D eigenvalue weighted by Gasteiger charge is -2.31. The molecule has 0 saturated heterocycles. The molecular formula is C19H26N2. The second-order valence-corrected chi connectivity index (χ2v) is 5.99. The third-order valence-corrected chi connectivity index (χ3v) is 4.37. The summed E-state index contributed by atoms with van der Waals surface area (Å²) in [6.07, 6.45) is 0.